The molecule has 0 aliphatic carbocycles. The molecular weight excluding hydrogens is 228 g/mol. The number of rotatable bonds is 7. The molecule has 0 aliphatic rings. The molecule has 0 atom stereocenters. The highest BCUT2D eigenvalue weighted by atomic mass is 16.1. The van der Waals surface area contributed by atoms with Crippen LogP contribution < -0.4 is 16.4 Å². The van der Waals surface area contributed by atoms with Gasteiger partial charge in [-0.15, -0.1) is 0 Å². The highest BCUT2D eigenvalue weighted by molar-refractivity contribution is 5.99. The molecule has 18 heavy (non-hydrogen) atoms. The molecule has 0 saturated carbocycles. The molecule has 0 unspecified atom stereocenters. The van der Waals surface area contributed by atoms with Gasteiger partial charge in [0.05, 0.1) is 16.9 Å². The maximum atomic E-state index is 11.4. The van der Waals surface area contributed by atoms with E-state index in [1.807, 2.05) is 13.0 Å². The van der Waals surface area contributed by atoms with Crippen molar-refractivity contribution in [3.63, 3.8) is 0 Å². The Labute approximate surface area is 108 Å². The smallest absolute Gasteiger partial charge is 0.252 e. The van der Waals surface area contributed by atoms with Crippen LogP contribution in [0.15, 0.2) is 6.07 Å². The van der Waals surface area contributed by atoms with Crippen LogP contribution in [0.25, 0.3) is 0 Å². The van der Waals surface area contributed by atoms with Crippen LogP contribution >= 0.6 is 0 Å². The van der Waals surface area contributed by atoms with E-state index < -0.39 is 5.91 Å². The van der Waals surface area contributed by atoms with Crippen molar-refractivity contribution in [1.82, 2.24) is 10.3 Å². The molecule has 0 bridgehead atoms. The first-order chi connectivity index (χ1) is 8.56. The van der Waals surface area contributed by atoms with E-state index in [1.165, 1.54) is 0 Å². The molecule has 0 fully saturated rings. The third-order valence-electron chi connectivity index (χ3n) is 2.67. The van der Waals surface area contributed by atoms with Crippen LogP contribution in [0.5, 0.6) is 0 Å². The fourth-order valence-corrected chi connectivity index (χ4v) is 1.89. The third kappa shape index (κ3) is 4.00. The van der Waals surface area contributed by atoms with Gasteiger partial charge in [0.25, 0.3) is 5.91 Å². The summed E-state index contributed by atoms with van der Waals surface area (Å²) in [6.45, 7) is 8.52. The predicted molar refractivity (Wildman–Crippen MR) is 73.9 cm³/mol. The number of aromatic nitrogens is 1. The lowest BCUT2D eigenvalue weighted by molar-refractivity contribution is 0.1000. The molecule has 1 heterocycles. The third-order valence-corrected chi connectivity index (χ3v) is 2.67. The fourth-order valence-electron chi connectivity index (χ4n) is 1.89. The molecule has 1 amide bonds. The summed E-state index contributed by atoms with van der Waals surface area (Å²) < 4.78 is 0. The number of amides is 1. The van der Waals surface area contributed by atoms with E-state index >= 15 is 0 Å². The van der Waals surface area contributed by atoms with Crippen molar-refractivity contribution in [2.45, 2.75) is 27.2 Å². The second-order valence-electron chi connectivity index (χ2n) is 4.27. The van der Waals surface area contributed by atoms with E-state index in [2.05, 4.69) is 22.5 Å². The molecule has 4 N–H and O–H groups in total. The first-order valence-electron chi connectivity index (χ1n) is 6.29. The molecule has 1 aromatic heterocycles. The van der Waals surface area contributed by atoms with E-state index in [0.717, 1.165) is 37.4 Å². The molecule has 100 valence electrons. The summed E-state index contributed by atoms with van der Waals surface area (Å²) in [4.78, 5) is 15.7. The largest absolute Gasteiger partial charge is 0.384 e. The van der Waals surface area contributed by atoms with Gasteiger partial charge in [0.15, 0.2) is 0 Å². The SMILES string of the molecule is CCNCCCNc1cc(C)nc(C)c1C(N)=O. The Hall–Kier alpha value is -1.62. The van der Waals surface area contributed by atoms with Gasteiger partial charge in [0.1, 0.15) is 0 Å². The minimum Gasteiger partial charge on any atom is -0.384 e. The van der Waals surface area contributed by atoms with Gasteiger partial charge in [-0.1, -0.05) is 6.92 Å². The van der Waals surface area contributed by atoms with Crippen LogP contribution in [0.2, 0.25) is 0 Å². The van der Waals surface area contributed by atoms with E-state index in [1.54, 1.807) is 6.92 Å². The first kappa shape index (κ1) is 14.4. The number of aryl methyl sites for hydroxylation is 2. The summed E-state index contributed by atoms with van der Waals surface area (Å²) in [5.74, 6) is -0.436. The lowest BCUT2D eigenvalue weighted by Gasteiger charge is -2.13. The maximum Gasteiger partial charge on any atom is 0.252 e. The van der Waals surface area contributed by atoms with Crippen molar-refractivity contribution in [3.05, 3.63) is 23.0 Å². The first-order valence-corrected chi connectivity index (χ1v) is 6.29. The minimum atomic E-state index is -0.436. The van der Waals surface area contributed by atoms with Crippen LogP contribution in [0.3, 0.4) is 0 Å². The Morgan fingerprint density at radius 2 is 2.11 bits per heavy atom. The van der Waals surface area contributed by atoms with Gasteiger partial charge < -0.3 is 16.4 Å². The van der Waals surface area contributed by atoms with Crippen LogP contribution in [0, 0.1) is 13.8 Å². The predicted octanol–water partition coefficient (Wildman–Crippen LogP) is 1.21. The molecule has 0 radical (unpaired) electrons. The van der Waals surface area contributed by atoms with Crippen molar-refractivity contribution in [1.29, 1.82) is 0 Å². The van der Waals surface area contributed by atoms with Gasteiger partial charge in [0, 0.05) is 12.2 Å². The second-order valence-corrected chi connectivity index (χ2v) is 4.27. The molecule has 0 aliphatic heterocycles. The Balaban J connectivity index is 2.71. The Morgan fingerprint density at radius 1 is 1.39 bits per heavy atom. The number of carbonyl (C=O) groups excluding carboxylic acids is 1. The Kier molecular flexibility index (Phi) is 5.58. The number of nitrogens with zero attached hydrogens (tertiary/aromatic N) is 1. The molecule has 1 aromatic rings. The second kappa shape index (κ2) is 6.96. The lowest BCUT2D eigenvalue weighted by atomic mass is 10.1. The van der Waals surface area contributed by atoms with Crippen LogP contribution in [0.1, 0.15) is 35.1 Å². The molecule has 5 heteroatoms. The van der Waals surface area contributed by atoms with Gasteiger partial charge in [0.2, 0.25) is 0 Å². The van der Waals surface area contributed by atoms with Gasteiger partial charge in [-0.05, 0) is 39.4 Å². The summed E-state index contributed by atoms with van der Waals surface area (Å²) in [6.07, 6.45) is 0.993. The van der Waals surface area contributed by atoms with Crippen molar-refractivity contribution in [2.75, 3.05) is 25.0 Å². The highest BCUT2D eigenvalue weighted by Crippen LogP contribution is 2.19. The number of nitrogens with two attached hydrogens (primary N) is 1. The van der Waals surface area contributed by atoms with Crippen molar-refractivity contribution < 1.29 is 4.79 Å². The van der Waals surface area contributed by atoms with Crippen LogP contribution in [0.4, 0.5) is 5.69 Å². The normalized spacial score (nSPS) is 10.4. The van der Waals surface area contributed by atoms with Gasteiger partial charge in [-0.25, -0.2) is 0 Å². The van der Waals surface area contributed by atoms with Crippen LogP contribution in [-0.2, 0) is 0 Å². The van der Waals surface area contributed by atoms with Crippen molar-refractivity contribution >= 4 is 11.6 Å². The van der Waals surface area contributed by atoms with E-state index in [-0.39, 0.29) is 0 Å². The number of pyridine rings is 1. The molecule has 1 rings (SSSR count). The standard InChI is InChI=1S/C13H22N4O/c1-4-15-6-5-7-16-11-8-9(2)17-10(3)12(11)13(14)18/h8,15H,4-7H2,1-3H3,(H2,14,18)(H,16,17). The number of primary amides is 1. The summed E-state index contributed by atoms with van der Waals surface area (Å²) in [7, 11) is 0. The Morgan fingerprint density at radius 3 is 2.72 bits per heavy atom. The summed E-state index contributed by atoms with van der Waals surface area (Å²) >= 11 is 0. The number of carbonyl (C=O) groups is 1. The van der Waals surface area contributed by atoms with E-state index in [4.69, 9.17) is 5.73 Å². The average molecular weight is 250 g/mol. The van der Waals surface area contributed by atoms with E-state index in [9.17, 15) is 4.79 Å². The molecule has 0 saturated heterocycles. The molecule has 0 spiro atoms. The lowest BCUT2D eigenvalue weighted by Crippen LogP contribution is -2.20. The number of nitrogens with one attached hydrogen (secondary N) is 2. The number of hydrogen-bond acceptors (Lipinski definition) is 4. The number of anilines is 1. The monoisotopic (exact) mass is 250 g/mol. The quantitative estimate of drug-likeness (QED) is 0.635. The zero-order valence-corrected chi connectivity index (χ0v) is 11.3. The van der Waals surface area contributed by atoms with Crippen molar-refractivity contribution in [2.24, 2.45) is 5.73 Å². The fraction of sp³-hybridized carbons (Fsp3) is 0.538. The van der Waals surface area contributed by atoms with Gasteiger partial charge in [-0.3, -0.25) is 9.78 Å². The molecular formula is C13H22N4O. The van der Waals surface area contributed by atoms with Crippen LogP contribution in [-0.4, -0.2) is 30.5 Å². The average Bonchev–Trinajstić information content (AvgIpc) is 2.27. The van der Waals surface area contributed by atoms with Crippen molar-refractivity contribution in [3.8, 4) is 0 Å². The maximum absolute atomic E-state index is 11.4. The number of hydrogen-bond donors (Lipinski definition) is 3. The van der Waals surface area contributed by atoms with E-state index in [0.29, 0.717) is 11.3 Å². The summed E-state index contributed by atoms with van der Waals surface area (Å²) in [6, 6.07) is 1.86. The van der Waals surface area contributed by atoms with Gasteiger partial charge in [-0.2, -0.15) is 0 Å². The minimum absolute atomic E-state index is 0.436. The topological polar surface area (TPSA) is 80.0 Å². The highest BCUT2D eigenvalue weighted by Gasteiger charge is 2.13. The summed E-state index contributed by atoms with van der Waals surface area (Å²) in [5, 5.41) is 6.51. The summed E-state index contributed by atoms with van der Waals surface area (Å²) in [5.41, 5.74) is 8.22. The van der Waals surface area contributed by atoms with Gasteiger partial charge >= 0.3 is 0 Å². The molecule has 5 nitrogen and oxygen atoms in total. The zero-order valence-electron chi connectivity index (χ0n) is 11.3. The zero-order chi connectivity index (χ0) is 13.5. The molecule has 0 aromatic carbocycles. The Bertz CT molecular complexity index is 418.